The van der Waals surface area contributed by atoms with E-state index < -0.39 is 34.6 Å². The maximum absolute atomic E-state index is 11.4. The van der Waals surface area contributed by atoms with E-state index in [0.29, 0.717) is 25.0 Å². The SMILES string of the molecule is CCn1nnc([C@H]2O[C@@H](n3cnc4c(N)nc(NCCc5ccc(S(N)(=O)=O)cc5)nc43)[C@H](O)[C@@H]2O)n1. The minimum absolute atomic E-state index is 0.0356. The predicted octanol–water partition coefficient (Wildman–Crippen LogP) is -1.29. The van der Waals surface area contributed by atoms with Crippen molar-refractivity contribution in [3.05, 3.63) is 42.0 Å². The second kappa shape index (κ2) is 9.60. The molecule has 7 N–H and O–H groups in total. The fraction of sp³-hybridized carbons (Fsp3) is 0.400. The lowest BCUT2D eigenvalue weighted by atomic mass is 10.1. The quantitative estimate of drug-likeness (QED) is 0.178. The number of nitrogens with zero attached hydrogens (tertiary/aromatic N) is 8. The molecule has 4 atom stereocenters. The number of hydrogen-bond acceptors (Lipinski definition) is 13. The molecule has 5 rings (SSSR count). The van der Waals surface area contributed by atoms with Crippen molar-refractivity contribution in [3.63, 3.8) is 0 Å². The topological polar surface area (TPSA) is 235 Å². The fourth-order valence-electron chi connectivity index (χ4n) is 3.97. The lowest BCUT2D eigenvalue weighted by Gasteiger charge is -2.16. The number of aliphatic hydroxyl groups excluding tert-OH is 2. The molecule has 17 heteroatoms. The van der Waals surface area contributed by atoms with E-state index in [2.05, 4.69) is 35.7 Å². The Hall–Kier alpha value is -3.77. The van der Waals surface area contributed by atoms with Gasteiger partial charge in [0.05, 0.1) is 17.8 Å². The number of sulfonamides is 1. The van der Waals surface area contributed by atoms with Crippen LogP contribution in [0, 0.1) is 0 Å². The molecule has 1 aliphatic rings. The molecule has 1 aliphatic heterocycles. The average molecular weight is 532 g/mol. The van der Waals surface area contributed by atoms with E-state index in [-0.39, 0.29) is 28.1 Å². The molecule has 16 nitrogen and oxygen atoms in total. The van der Waals surface area contributed by atoms with Crippen molar-refractivity contribution < 1.29 is 23.4 Å². The number of hydrogen-bond donors (Lipinski definition) is 5. The van der Waals surface area contributed by atoms with Crippen LogP contribution >= 0.6 is 0 Å². The van der Waals surface area contributed by atoms with Crippen molar-refractivity contribution in [1.82, 2.24) is 39.7 Å². The predicted molar refractivity (Wildman–Crippen MR) is 128 cm³/mol. The highest BCUT2D eigenvalue weighted by molar-refractivity contribution is 7.89. The maximum atomic E-state index is 11.4. The largest absolute Gasteiger partial charge is 0.387 e. The zero-order chi connectivity index (χ0) is 26.3. The molecule has 4 aromatic rings. The number of aromatic nitrogens is 8. The van der Waals surface area contributed by atoms with Crippen molar-refractivity contribution in [2.45, 2.75) is 49.3 Å². The normalized spacial score (nSPS) is 22.1. The van der Waals surface area contributed by atoms with Gasteiger partial charge in [0.25, 0.3) is 0 Å². The average Bonchev–Trinajstić information content (AvgIpc) is 3.57. The first kappa shape index (κ1) is 24.9. The van der Waals surface area contributed by atoms with Gasteiger partial charge in [0.1, 0.15) is 17.7 Å². The van der Waals surface area contributed by atoms with Crippen molar-refractivity contribution >= 4 is 33.0 Å². The number of ether oxygens (including phenoxy) is 1. The molecule has 0 spiro atoms. The van der Waals surface area contributed by atoms with Crippen LogP contribution in [-0.4, -0.2) is 77.1 Å². The third-order valence-corrected chi connectivity index (χ3v) is 6.84. The Balaban J connectivity index is 1.33. The van der Waals surface area contributed by atoms with Gasteiger partial charge >= 0.3 is 0 Å². The zero-order valence-corrected chi connectivity index (χ0v) is 20.4. The van der Waals surface area contributed by atoms with Gasteiger partial charge in [-0.3, -0.25) is 4.57 Å². The summed E-state index contributed by atoms with van der Waals surface area (Å²) < 4.78 is 30.2. The molecule has 1 saturated heterocycles. The van der Waals surface area contributed by atoms with E-state index in [1.54, 1.807) is 12.1 Å². The highest BCUT2D eigenvalue weighted by Gasteiger charge is 2.47. The van der Waals surface area contributed by atoms with E-state index in [4.69, 9.17) is 15.6 Å². The number of anilines is 2. The molecular weight excluding hydrogens is 506 g/mol. The van der Waals surface area contributed by atoms with Crippen molar-refractivity contribution in [3.8, 4) is 0 Å². The third kappa shape index (κ3) is 4.81. The number of nitrogens with two attached hydrogens (primary N) is 2. The molecule has 0 unspecified atom stereocenters. The second-order valence-electron chi connectivity index (χ2n) is 8.39. The third-order valence-electron chi connectivity index (χ3n) is 5.92. The summed E-state index contributed by atoms with van der Waals surface area (Å²) in [5, 5.41) is 41.4. The van der Waals surface area contributed by atoms with Gasteiger partial charge in [-0.05, 0) is 36.3 Å². The number of aliphatic hydroxyl groups is 2. The van der Waals surface area contributed by atoms with Crippen LogP contribution in [0.15, 0.2) is 35.5 Å². The first-order valence-electron chi connectivity index (χ1n) is 11.3. The zero-order valence-electron chi connectivity index (χ0n) is 19.6. The molecule has 0 bridgehead atoms. The van der Waals surface area contributed by atoms with E-state index >= 15 is 0 Å². The summed E-state index contributed by atoms with van der Waals surface area (Å²) in [6.45, 7) is 2.74. The van der Waals surface area contributed by atoms with E-state index in [9.17, 15) is 18.6 Å². The second-order valence-corrected chi connectivity index (χ2v) is 9.95. The van der Waals surface area contributed by atoms with E-state index in [1.807, 2.05) is 6.92 Å². The summed E-state index contributed by atoms with van der Waals surface area (Å²) in [6.07, 6.45) is -2.76. The number of benzene rings is 1. The van der Waals surface area contributed by atoms with Crippen molar-refractivity contribution in [2.24, 2.45) is 5.14 Å². The van der Waals surface area contributed by atoms with Crippen LogP contribution in [0.1, 0.15) is 30.6 Å². The summed E-state index contributed by atoms with van der Waals surface area (Å²) >= 11 is 0. The highest BCUT2D eigenvalue weighted by atomic mass is 32.2. The van der Waals surface area contributed by atoms with Gasteiger partial charge in [0.2, 0.25) is 21.8 Å². The number of nitrogens with one attached hydrogen (secondary N) is 1. The van der Waals surface area contributed by atoms with Crippen LogP contribution < -0.4 is 16.2 Å². The Morgan fingerprint density at radius 3 is 2.59 bits per heavy atom. The van der Waals surface area contributed by atoms with Gasteiger partial charge in [-0.2, -0.15) is 14.8 Å². The number of fused-ring (bicyclic) bond motifs is 1. The van der Waals surface area contributed by atoms with Crippen LogP contribution in [0.5, 0.6) is 0 Å². The lowest BCUT2D eigenvalue weighted by molar-refractivity contribution is -0.0384. The van der Waals surface area contributed by atoms with E-state index in [0.717, 1.165) is 5.56 Å². The Kier molecular flexibility index (Phi) is 6.46. The van der Waals surface area contributed by atoms with Crippen LogP contribution in [-0.2, 0) is 27.7 Å². The molecule has 0 saturated carbocycles. The Morgan fingerprint density at radius 1 is 1.16 bits per heavy atom. The molecule has 4 heterocycles. The molecule has 0 amide bonds. The van der Waals surface area contributed by atoms with Crippen LogP contribution in [0.4, 0.5) is 11.8 Å². The molecular formula is C20H25N11O5S. The monoisotopic (exact) mass is 531 g/mol. The molecule has 196 valence electrons. The number of tetrazole rings is 1. The number of aryl methyl sites for hydroxylation is 1. The molecule has 0 aliphatic carbocycles. The van der Waals surface area contributed by atoms with Crippen LogP contribution in [0.25, 0.3) is 11.2 Å². The van der Waals surface area contributed by atoms with Crippen LogP contribution in [0.2, 0.25) is 0 Å². The molecule has 0 radical (unpaired) electrons. The van der Waals surface area contributed by atoms with Gasteiger partial charge < -0.3 is 26.0 Å². The number of primary sulfonamides is 1. The number of imidazole rings is 1. The fourth-order valence-corrected chi connectivity index (χ4v) is 4.49. The van der Waals surface area contributed by atoms with Gasteiger partial charge in [-0.1, -0.05) is 12.1 Å². The smallest absolute Gasteiger partial charge is 0.238 e. The summed E-state index contributed by atoms with van der Waals surface area (Å²) in [4.78, 5) is 14.3. The maximum Gasteiger partial charge on any atom is 0.238 e. The lowest BCUT2D eigenvalue weighted by Crippen LogP contribution is -2.29. The van der Waals surface area contributed by atoms with Gasteiger partial charge in [0.15, 0.2) is 23.8 Å². The summed E-state index contributed by atoms with van der Waals surface area (Å²) in [6, 6.07) is 6.22. The van der Waals surface area contributed by atoms with Gasteiger partial charge in [0, 0.05) is 6.54 Å². The molecule has 1 aromatic carbocycles. The summed E-state index contributed by atoms with van der Waals surface area (Å²) in [5.74, 6) is 0.472. The molecule has 37 heavy (non-hydrogen) atoms. The van der Waals surface area contributed by atoms with E-state index in [1.165, 1.54) is 27.8 Å². The highest BCUT2D eigenvalue weighted by Crippen LogP contribution is 2.38. The Morgan fingerprint density at radius 2 is 1.92 bits per heavy atom. The van der Waals surface area contributed by atoms with Gasteiger partial charge in [-0.25, -0.2) is 18.5 Å². The van der Waals surface area contributed by atoms with Crippen LogP contribution in [0.3, 0.4) is 0 Å². The number of rotatable bonds is 8. The summed E-state index contributed by atoms with van der Waals surface area (Å²) in [7, 11) is -3.75. The Bertz CT molecular complexity index is 1520. The number of nitrogen functional groups attached to an aromatic ring is 1. The van der Waals surface area contributed by atoms with Crippen molar-refractivity contribution in [2.75, 3.05) is 17.6 Å². The Labute approximate surface area is 210 Å². The molecule has 3 aromatic heterocycles. The summed E-state index contributed by atoms with van der Waals surface area (Å²) in [5.41, 5.74) is 7.54. The standard InChI is InChI=1S/C20H25N11O5S/c1-2-31-28-17(27-29-31)15-13(32)14(33)19(36-15)30-9-24-12-16(21)25-20(26-18(12)30)23-8-7-10-3-5-11(6-4-10)37(22,34)35/h3-6,9,13-15,19,32-33H,2,7-8H2,1H3,(H2,22,34,35)(H3,21,23,25,26)/t13-,14+,15-,19+/m0/s1. The molecule has 1 fully saturated rings. The van der Waals surface area contributed by atoms with Crippen molar-refractivity contribution in [1.29, 1.82) is 0 Å². The first-order valence-corrected chi connectivity index (χ1v) is 12.8. The van der Waals surface area contributed by atoms with Gasteiger partial charge in [-0.15, -0.1) is 10.2 Å². The first-order chi connectivity index (χ1) is 17.7. The minimum Gasteiger partial charge on any atom is -0.387 e. The minimum atomic E-state index is -3.75.